The number of benzene rings is 1. The molecule has 2 aromatic rings. The van der Waals surface area contributed by atoms with Gasteiger partial charge in [-0.25, -0.2) is 28.0 Å². The molecule has 160 valence electrons. The molecule has 10 nitrogen and oxygen atoms in total. The number of carboxylic acid groups (broad SMARTS) is 1. The van der Waals surface area contributed by atoms with Crippen LogP contribution in [0, 0.1) is 0 Å². The lowest BCUT2D eigenvalue weighted by Crippen LogP contribution is -2.49. The molecule has 3 rings (SSSR count). The molecule has 1 aliphatic rings. The first-order valence-electron chi connectivity index (χ1n) is 9.01. The van der Waals surface area contributed by atoms with E-state index < -0.39 is 22.0 Å². The van der Waals surface area contributed by atoms with Gasteiger partial charge in [0, 0.05) is 38.6 Å². The van der Waals surface area contributed by atoms with Gasteiger partial charge in [0.2, 0.25) is 16.0 Å². The van der Waals surface area contributed by atoms with Crippen molar-refractivity contribution in [1.29, 1.82) is 0 Å². The molecule has 0 saturated carbocycles. The molecule has 12 heteroatoms. The number of aromatic carboxylic acids is 1. The van der Waals surface area contributed by atoms with E-state index in [4.69, 9.17) is 21.4 Å². The standard InChI is InChI=1S/C18H19ClN4O6S/c1-2-29-17(26)12-10-20-18(21-11-12)22-5-7-23(8-6-22)30(27,28)13-3-4-14(16(24)25)15(19)9-13/h3-4,9-11H,2,5-8H2,1H3,(H,24,25). The third-order valence-corrected chi connectivity index (χ3v) is 6.69. The molecule has 0 bridgehead atoms. The van der Waals surface area contributed by atoms with Crippen LogP contribution in [0.4, 0.5) is 5.95 Å². The Morgan fingerprint density at radius 2 is 1.80 bits per heavy atom. The van der Waals surface area contributed by atoms with Crippen molar-refractivity contribution in [1.82, 2.24) is 14.3 Å². The minimum Gasteiger partial charge on any atom is -0.478 e. The second kappa shape index (κ2) is 8.94. The van der Waals surface area contributed by atoms with Gasteiger partial charge >= 0.3 is 11.9 Å². The average molecular weight is 455 g/mol. The van der Waals surface area contributed by atoms with Gasteiger partial charge in [-0.1, -0.05) is 11.6 Å². The summed E-state index contributed by atoms with van der Waals surface area (Å²) >= 11 is 5.91. The van der Waals surface area contributed by atoms with E-state index in [0.29, 0.717) is 19.0 Å². The van der Waals surface area contributed by atoms with E-state index in [1.165, 1.54) is 28.8 Å². The minimum atomic E-state index is -3.83. The van der Waals surface area contributed by atoms with Gasteiger partial charge in [0.05, 0.1) is 27.7 Å². The fourth-order valence-electron chi connectivity index (χ4n) is 2.91. The summed E-state index contributed by atoms with van der Waals surface area (Å²) in [5, 5.41) is 8.89. The van der Waals surface area contributed by atoms with Crippen molar-refractivity contribution in [3.63, 3.8) is 0 Å². The number of esters is 1. The number of nitrogens with zero attached hydrogens (tertiary/aromatic N) is 4. The van der Waals surface area contributed by atoms with E-state index in [0.717, 1.165) is 6.07 Å². The summed E-state index contributed by atoms with van der Waals surface area (Å²) in [7, 11) is -3.83. The second-order valence-corrected chi connectivity index (χ2v) is 8.68. The van der Waals surface area contributed by atoms with Crippen LogP contribution in [0.25, 0.3) is 0 Å². The number of carboxylic acids is 1. The van der Waals surface area contributed by atoms with E-state index in [1.807, 2.05) is 4.90 Å². The van der Waals surface area contributed by atoms with Crippen LogP contribution in [0.15, 0.2) is 35.5 Å². The van der Waals surface area contributed by atoms with Crippen LogP contribution in [0.5, 0.6) is 0 Å². The van der Waals surface area contributed by atoms with Gasteiger partial charge in [-0.05, 0) is 25.1 Å². The van der Waals surface area contributed by atoms with E-state index >= 15 is 0 Å². The fraction of sp³-hybridized carbons (Fsp3) is 0.333. The van der Waals surface area contributed by atoms with Crippen molar-refractivity contribution >= 4 is 39.5 Å². The lowest BCUT2D eigenvalue weighted by atomic mass is 10.2. The van der Waals surface area contributed by atoms with Crippen LogP contribution in [-0.4, -0.2) is 72.5 Å². The van der Waals surface area contributed by atoms with Crippen LogP contribution in [0.3, 0.4) is 0 Å². The van der Waals surface area contributed by atoms with Gasteiger partial charge in [-0.15, -0.1) is 0 Å². The minimum absolute atomic E-state index is 0.0685. The SMILES string of the molecule is CCOC(=O)c1cnc(N2CCN(S(=O)(=O)c3ccc(C(=O)O)c(Cl)c3)CC2)nc1. The van der Waals surface area contributed by atoms with Crippen LogP contribution in [0.1, 0.15) is 27.6 Å². The molecule has 1 saturated heterocycles. The second-order valence-electron chi connectivity index (χ2n) is 6.33. The highest BCUT2D eigenvalue weighted by molar-refractivity contribution is 7.89. The number of halogens is 1. The number of aromatic nitrogens is 2. The molecular weight excluding hydrogens is 436 g/mol. The fourth-order valence-corrected chi connectivity index (χ4v) is 4.69. The molecule has 1 aliphatic heterocycles. The van der Waals surface area contributed by atoms with Gasteiger partial charge in [0.15, 0.2) is 0 Å². The van der Waals surface area contributed by atoms with Gasteiger partial charge < -0.3 is 14.7 Å². The average Bonchev–Trinajstić information content (AvgIpc) is 2.74. The highest BCUT2D eigenvalue weighted by Gasteiger charge is 2.30. The van der Waals surface area contributed by atoms with E-state index in [1.54, 1.807) is 6.92 Å². The van der Waals surface area contributed by atoms with Gasteiger partial charge in [0.25, 0.3) is 0 Å². The number of sulfonamides is 1. The van der Waals surface area contributed by atoms with Crippen LogP contribution >= 0.6 is 11.6 Å². The molecule has 1 aromatic carbocycles. The predicted molar refractivity (Wildman–Crippen MR) is 107 cm³/mol. The summed E-state index contributed by atoms with van der Waals surface area (Å²) in [4.78, 5) is 32.8. The third-order valence-electron chi connectivity index (χ3n) is 4.48. The number of ether oxygens (including phenoxy) is 1. The van der Waals surface area contributed by atoms with Gasteiger partial charge in [-0.3, -0.25) is 0 Å². The Labute approximate surface area is 178 Å². The van der Waals surface area contributed by atoms with Crippen LogP contribution < -0.4 is 4.90 Å². The smallest absolute Gasteiger partial charge is 0.341 e. The molecule has 0 aliphatic carbocycles. The quantitative estimate of drug-likeness (QED) is 0.645. The van der Waals surface area contributed by atoms with Gasteiger partial charge in [-0.2, -0.15) is 4.31 Å². The topological polar surface area (TPSA) is 130 Å². The molecule has 0 radical (unpaired) electrons. The Morgan fingerprint density at radius 3 is 2.33 bits per heavy atom. The van der Waals surface area contributed by atoms with Crippen LogP contribution in [-0.2, 0) is 14.8 Å². The van der Waals surface area contributed by atoms with Crippen molar-refractivity contribution in [2.75, 3.05) is 37.7 Å². The zero-order valence-corrected chi connectivity index (χ0v) is 17.6. The Morgan fingerprint density at radius 1 is 1.17 bits per heavy atom. The Hall–Kier alpha value is -2.76. The molecular formula is C18H19ClN4O6S. The summed E-state index contributed by atoms with van der Waals surface area (Å²) in [6, 6.07) is 3.55. The highest BCUT2D eigenvalue weighted by atomic mass is 35.5. The maximum absolute atomic E-state index is 12.9. The molecule has 1 fully saturated rings. The molecule has 0 spiro atoms. The van der Waals surface area contributed by atoms with Crippen molar-refractivity contribution in [3.8, 4) is 0 Å². The summed E-state index contributed by atoms with van der Waals surface area (Å²) in [5.41, 5.74) is 0.0763. The van der Waals surface area contributed by atoms with Crippen molar-refractivity contribution in [3.05, 3.63) is 46.7 Å². The zero-order valence-electron chi connectivity index (χ0n) is 16.0. The summed E-state index contributed by atoms with van der Waals surface area (Å²) in [5.74, 6) is -1.35. The number of hydrogen-bond acceptors (Lipinski definition) is 8. The first-order valence-corrected chi connectivity index (χ1v) is 10.8. The Kier molecular flexibility index (Phi) is 6.54. The third kappa shape index (κ3) is 4.53. The van der Waals surface area contributed by atoms with E-state index in [-0.39, 0.29) is 40.7 Å². The Bertz CT molecular complexity index is 1050. The molecule has 0 atom stereocenters. The number of rotatable bonds is 6. The predicted octanol–water partition coefficient (Wildman–Crippen LogP) is 1.52. The number of anilines is 1. The zero-order chi connectivity index (χ0) is 21.9. The summed E-state index contributed by atoms with van der Waals surface area (Å²) < 4.78 is 31.9. The van der Waals surface area contributed by atoms with Crippen LogP contribution in [0.2, 0.25) is 5.02 Å². The molecule has 0 amide bonds. The van der Waals surface area contributed by atoms with Crippen molar-refractivity contribution in [2.24, 2.45) is 0 Å². The van der Waals surface area contributed by atoms with E-state index in [9.17, 15) is 18.0 Å². The molecule has 30 heavy (non-hydrogen) atoms. The maximum Gasteiger partial charge on any atom is 0.341 e. The molecule has 1 aromatic heterocycles. The first kappa shape index (κ1) is 21.9. The number of carbonyl (C=O) groups is 2. The highest BCUT2D eigenvalue weighted by Crippen LogP contribution is 2.24. The lowest BCUT2D eigenvalue weighted by molar-refractivity contribution is 0.0524. The monoisotopic (exact) mass is 454 g/mol. The first-order chi connectivity index (χ1) is 14.2. The van der Waals surface area contributed by atoms with Crippen molar-refractivity contribution in [2.45, 2.75) is 11.8 Å². The molecule has 0 unspecified atom stereocenters. The number of carbonyl (C=O) groups excluding carboxylic acids is 1. The summed E-state index contributed by atoms with van der Waals surface area (Å²) in [6.07, 6.45) is 2.74. The summed E-state index contributed by atoms with van der Waals surface area (Å²) in [6.45, 7) is 3.02. The lowest BCUT2D eigenvalue weighted by Gasteiger charge is -2.34. The largest absolute Gasteiger partial charge is 0.478 e. The molecule has 1 N–H and O–H groups in total. The maximum atomic E-state index is 12.9. The number of hydrogen-bond donors (Lipinski definition) is 1. The van der Waals surface area contributed by atoms with Crippen molar-refractivity contribution < 1.29 is 27.9 Å². The Balaban J connectivity index is 1.68. The normalized spacial score (nSPS) is 15.1. The number of piperazine rings is 1. The van der Waals surface area contributed by atoms with Gasteiger partial charge in [0.1, 0.15) is 0 Å². The molecule has 2 heterocycles. The van der Waals surface area contributed by atoms with E-state index in [2.05, 4.69) is 9.97 Å².